The first-order valence-corrected chi connectivity index (χ1v) is 10.2. The topological polar surface area (TPSA) is 29.5 Å². The lowest BCUT2D eigenvalue weighted by Gasteiger charge is -2.32. The van der Waals surface area contributed by atoms with Gasteiger partial charge in [0.25, 0.3) is 0 Å². The van der Waals surface area contributed by atoms with Gasteiger partial charge in [0.05, 0.1) is 12.7 Å². The van der Waals surface area contributed by atoms with Crippen LogP contribution in [-0.2, 0) is 6.42 Å². The van der Waals surface area contributed by atoms with Crippen LogP contribution in [0.25, 0.3) is 0 Å². The average molecular weight is 366 g/mol. The van der Waals surface area contributed by atoms with Gasteiger partial charge < -0.3 is 9.64 Å². The monoisotopic (exact) mass is 365 g/mol. The van der Waals surface area contributed by atoms with Crippen LogP contribution in [0.15, 0.2) is 48.5 Å². The lowest BCUT2D eigenvalue weighted by Crippen LogP contribution is -2.33. The molecule has 0 aromatic heterocycles. The number of nitrogens with zero attached hydrogens (tertiary/aromatic N) is 1. The molecule has 0 amide bonds. The number of hydrogen-bond acceptors (Lipinski definition) is 3. The first-order chi connectivity index (χ1) is 13.2. The van der Waals surface area contributed by atoms with E-state index in [1.165, 1.54) is 50.9 Å². The Bertz CT molecular complexity index is 748. The third-order valence-corrected chi connectivity index (χ3v) is 5.61. The molecule has 0 atom stereocenters. The van der Waals surface area contributed by atoms with Gasteiger partial charge in [0.1, 0.15) is 5.75 Å². The number of carbonyl (C=O) groups is 1. The van der Waals surface area contributed by atoms with Gasteiger partial charge in [0.15, 0.2) is 5.78 Å². The number of benzene rings is 2. The summed E-state index contributed by atoms with van der Waals surface area (Å²) in [6, 6.07) is 16.1. The Labute approximate surface area is 163 Å². The maximum atomic E-state index is 12.7. The number of Topliss-reactive ketones (excluding diaryl/α,β-unsaturated/α-hetero) is 1. The van der Waals surface area contributed by atoms with Gasteiger partial charge in [-0.05, 0) is 68.1 Å². The standard InChI is InChI=1S/C24H31NO2/c1-3-4-14-25-15-12-20(13-16-25)21-9-7-8-19(17-21)18-23(26)22-10-5-6-11-24(22)27-2/h5-11,17,20H,3-4,12-16,18H2,1-2H3. The van der Waals surface area contributed by atoms with Crippen LogP contribution >= 0.6 is 0 Å². The molecule has 144 valence electrons. The third kappa shape index (κ3) is 5.20. The Kier molecular flexibility index (Phi) is 7.05. The molecule has 0 N–H and O–H groups in total. The lowest BCUT2D eigenvalue weighted by molar-refractivity contribution is 0.0990. The average Bonchev–Trinajstić information content (AvgIpc) is 2.72. The Balaban J connectivity index is 1.63. The van der Waals surface area contributed by atoms with Crippen molar-refractivity contribution < 1.29 is 9.53 Å². The zero-order chi connectivity index (χ0) is 19.1. The zero-order valence-electron chi connectivity index (χ0n) is 16.6. The lowest BCUT2D eigenvalue weighted by atomic mass is 9.88. The third-order valence-electron chi connectivity index (χ3n) is 5.61. The molecule has 1 fully saturated rings. The fourth-order valence-electron chi connectivity index (χ4n) is 3.98. The molecule has 2 aromatic rings. The van der Waals surface area contributed by atoms with Crippen molar-refractivity contribution >= 4 is 5.78 Å². The second-order valence-electron chi connectivity index (χ2n) is 7.51. The number of methoxy groups -OCH3 is 1. The number of unbranched alkanes of at least 4 members (excludes halogenated alkanes) is 1. The number of ether oxygens (including phenoxy) is 1. The van der Waals surface area contributed by atoms with E-state index in [0.29, 0.717) is 23.7 Å². The molecule has 0 radical (unpaired) electrons. The Morgan fingerprint density at radius 2 is 1.89 bits per heavy atom. The van der Waals surface area contributed by atoms with Crippen molar-refractivity contribution in [2.45, 2.75) is 44.9 Å². The van der Waals surface area contributed by atoms with E-state index in [1.807, 2.05) is 24.3 Å². The van der Waals surface area contributed by atoms with E-state index < -0.39 is 0 Å². The maximum absolute atomic E-state index is 12.7. The second kappa shape index (κ2) is 9.70. The van der Waals surface area contributed by atoms with E-state index in [-0.39, 0.29) is 5.78 Å². The normalized spacial score (nSPS) is 15.6. The van der Waals surface area contributed by atoms with Crippen LogP contribution in [-0.4, -0.2) is 37.4 Å². The highest BCUT2D eigenvalue weighted by atomic mass is 16.5. The van der Waals surface area contributed by atoms with E-state index in [2.05, 4.69) is 36.1 Å². The molecule has 3 heteroatoms. The molecule has 0 saturated carbocycles. The summed E-state index contributed by atoms with van der Waals surface area (Å²) in [6.45, 7) is 5.87. The van der Waals surface area contributed by atoms with Gasteiger partial charge in [-0.1, -0.05) is 49.7 Å². The maximum Gasteiger partial charge on any atom is 0.170 e. The van der Waals surface area contributed by atoms with Crippen molar-refractivity contribution in [2.75, 3.05) is 26.7 Å². The number of carbonyl (C=O) groups excluding carboxylic acids is 1. The summed E-state index contributed by atoms with van der Waals surface area (Å²) >= 11 is 0. The molecule has 1 saturated heterocycles. The van der Waals surface area contributed by atoms with E-state index in [1.54, 1.807) is 7.11 Å². The quantitative estimate of drug-likeness (QED) is 0.610. The second-order valence-corrected chi connectivity index (χ2v) is 7.51. The molecular formula is C24H31NO2. The van der Waals surface area contributed by atoms with Crippen LogP contribution in [0.3, 0.4) is 0 Å². The summed E-state index contributed by atoms with van der Waals surface area (Å²) in [4.78, 5) is 15.3. The van der Waals surface area contributed by atoms with E-state index in [4.69, 9.17) is 4.74 Å². The number of rotatable bonds is 8. The van der Waals surface area contributed by atoms with E-state index >= 15 is 0 Å². The molecule has 27 heavy (non-hydrogen) atoms. The molecule has 1 heterocycles. The van der Waals surface area contributed by atoms with Gasteiger partial charge in [0, 0.05) is 6.42 Å². The predicted octanol–water partition coefficient (Wildman–Crippen LogP) is 5.10. The first kappa shape index (κ1) is 19.6. The highest BCUT2D eigenvalue weighted by Crippen LogP contribution is 2.29. The summed E-state index contributed by atoms with van der Waals surface area (Å²) < 4.78 is 5.34. The number of para-hydroxylation sites is 1. The minimum Gasteiger partial charge on any atom is -0.496 e. The van der Waals surface area contributed by atoms with Gasteiger partial charge in [-0.15, -0.1) is 0 Å². The van der Waals surface area contributed by atoms with Crippen molar-refractivity contribution in [1.29, 1.82) is 0 Å². The van der Waals surface area contributed by atoms with Crippen molar-refractivity contribution in [2.24, 2.45) is 0 Å². The van der Waals surface area contributed by atoms with Gasteiger partial charge >= 0.3 is 0 Å². The molecule has 0 unspecified atom stereocenters. The van der Waals surface area contributed by atoms with Crippen molar-refractivity contribution in [3.8, 4) is 5.75 Å². The minimum atomic E-state index is 0.110. The largest absolute Gasteiger partial charge is 0.496 e. The summed E-state index contributed by atoms with van der Waals surface area (Å²) in [5.41, 5.74) is 3.14. The number of ketones is 1. The smallest absolute Gasteiger partial charge is 0.170 e. The Hall–Kier alpha value is -2.13. The predicted molar refractivity (Wildman–Crippen MR) is 111 cm³/mol. The van der Waals surface area contributed by atoms with Crippen LogP contribution in [0.2, 0.25) is 0 Å². The molecular weight excluding hydrogens is 334 g/mol. The Morgan fingerprint density at radius 1 is 1.11 bits per heavy atom. The van der Waals surface area contributed by atoms with Crippen LogP contribution in [0.5, 0.6) is 5.75 Å². The number of piperidine rings is 1. The molecule has 0 aliphatic carbocycles. The van der Waals surface area contributed by atoms with Crippen molar-refractivity contribution in [3.63, 3.8) is 0 Å². The molecule has 2 aromatic carbocycles. The highest BCUT2D eigenvalue weighted by molar-refractivity contribution is 5.99. The molecule has 0 spiro atoms. The van der Waals surface area contributed by atoms with Gasteiger partial charge in [-0.3, -0.25) is 4.79 Å². The van der Waals surface area contributed by atoms with Crippen LogP contribution in [0.1, 0.15) is 60.0 Å². The van der Waals surface area contributed by atoms with Crippen molar-refractivity contribution in [1.82, 2.24) is 4.90 Å². The van der Waals surface area contributed by atoms with Gasteiger partial charge in [-0.25, -0.2) is 0 Å². The van der Waals surface area contributed by atoms with E-state index in [9.17, 15) is 4.79 Å². The minimum absolute atomic E-state index is 0.110. The fourth-order valence-corrected chi connectivity index (χ4v) is 3.98. The number of hydrogen-bond donors (Lipinski definition) is 0. The van der Waals surface area contributed by atoms with Crippen LogP contribution in [0.4, 0.5) is 0 Å². The van der Waals surface area contributed by atoms with Gasteiger partial charge in [0.2, 0.25) is 0 Å². The van der Waals surface area contributed by atoms with Gasteiger partial charge in [-0.2, -0.15) is 0 Å². The molecule has 0 bridgehead atoms. The van der Waals surface area contributed by atoms with Crippen molar-refractivity contribution in [3.05, 3.63) is 65.2 Å². The molecule has 1 aliphatic rings. The zero-order valence-corrected chi connectivity index (χ0v) is 16.6. The summed E-state index contributed by atoms with van der Waals surface area (Å²) in [6.07, 6.45) is 5.41. The molecule has 1 aliphatic heterocycles. The fraction of sp³-hybridized carbons (Fsp3) is 0.458. The number of likely N-dealkylation sites (tertiary alicyclic amines) is 1. The SMILES string of the molecule is CCCCN1CCC(c2cccc(CC(=O)c3ccccc3OC)c2)CC1. The first-order valence-electron chi connectivity index (χ1n) is 10.2. The van der Waals surface area contributed by atoms with Crippen LogP contribution in [0, 0.1) is 0 Å². The summed E-state index contributed by atoms with van der Waals surface area (Å²) in [7, 11) is 1.61. The summed E-state index contributed by atoms with van der Waals surface area (Å²) in [5.74, 6) is 1.38. The van der Waals surface area contributed by atoms with E-state index in [0.717, 1.165) is 5.56 Å². The molecule has 3 rings (SSSR count). The highest BCUT2D eigenvalue weighted by Gasteiger charge is 2.21. The van der Waals surface area contributed by atoms with Crippen LogP contribution < -0.4 is 4.74 Å². The Morgan fingerprint density at radius 3 is 2.63 bits per heavy atom. The molecule has 3 nitrogen and oxygen atoms in total. The summed E-state index contributed by atoms with van der Waals surface area (Å²) in [5, 5.41) is 0.